The molecule has 1 aromatic rings. The fourth-order valence-electron chi connectivity index (χ4n) is 0.826. The van der Waals surface area contributed by atoms with Gasteiger partial charge in [0.25, 0.3) is 0 Å². The number of fused-ring (bicyclic) bond motifs is 1. The van der Waals surface area contributed by atoms with E-state index in [0.29, 0.717) is 0 Å². The summed E-state index contributed by atoms with van der Waals surface area (Å²) in [5.74, 6) is 0.883. The quantitative estimate of drug-likeness (QED) is 0.535. The summed E-state index contributed by atoms with van der Waals surface area (Å²) in [6, 6.07) is 0. The molecule has 0 aliphatic carbocycles. The van der Waals surface area contributed by atoms with E-state index in [1.54, 1.807) is 24.8 Å². The predicted octanol–water partition coefficient (Wildman–Crippen LogP) is 1.31. The molecule has 3 heteroatoms. The number of ether oxygens (including phenoxy) is 1. The minimum atomic E-state index is 0.883. The summed E-state index contributed by atoms with van der Waals surface area (Å²) in [6.07, 6.45) is 10.4. The monoisotopic (exact) mass is 134 g/mol. The highest BCUT2D eigenvalue weighted by atomic mass is 16.5. The number of hydrogen-bond donors (Lipinski definition) is 0. The summed E-state index contributed by atoms with van der Waals surface area (Å²) in [5.41, 5.74) is 0. The molecule has 0 atom stereocenters. The Kier molecular flexibility index (Phi) is 1.07. The van der Waals surface area contributed by atoms with Crippen LogP contribution in [0.2, 0.25) is 0 Å². The van der Waals surface area contributed by atoms with Gasteiger partial charge in [0, 0.05) is 24.7 Å². The predicted molar refractivity (Wildman–Crippen MR) is 37.7 cm³/mol. The van der Waals surface area contributed by atoms with E-state index in [0.717, 1.165) is 5.82 Å². The van der Waals surface area contributed by atoms with E-state index in [9.17, 15) is 0 Å². The maximum Gasteiger partial charge on any atom is 0.139 e. The normalized spacial score (nSPS) is 14.0. The van der Waals surface area contributed by atoms with Crippen LogP contribution in [0.25, 0.3) is 12.3 Å². The average Bonchev–Trinajstić information content (AvgIpc) is 2.28. The molecule has 0 N–H and O–H groups in total. The summed E-state index contributed by atoms with van der Waals surface area (Å²) >= 11 is 0. The fourth-order valence-corrected chi connectivity index (χ4v) is 0.826. The van der Waals surface area contributed by atoms with Crippen molar-refractivity contribution in [1.82, 2.24) is 9.55 Å². The van der Waals surface area contributed by atoms with Crippen LogP contribution in [0.5, 0.6) is 0 Å². The fraction of sp³-hybridized carbons (Fsp3) is 0. The van der Waals surface area contributed by atoms with Crippen LogP contribution >= 0.6 is 0 Å². The van der Waals surface area contributed by atoms with Gasteiger partial charge in [-0.15, -0.1) is 0 Å². The van der Waals surface area contributed by atoms with Crippen molar-refractivity contribution in [2.45, 2.75) is 0 Å². The summed E-state index contributed by atoms with van der Waals surface area (Å²) in [5, 5.41) is 0. The first-order valence-corrected chi connectivity index (χ1v) is 2.98. The lowest BCUT2D eigenvalue weighted by molar-refractivity contribution is 0.410. The van der Waals surface area contributed by atoms with Gasteiger partial charge in [0.1, 0.15) is 12.1 Å². The molecule has 0 fully saturated rings. The summed E-state index contributed by atoms with van der Waals surface area (Å²) in [7, 11) is 0. The minimum absolute atomic E-state index is 0.883. The highest BCUT2D eigenvalue weighted by Gasteiger charge is 1.95. The summed E-state index contributed by atoms with van der Waals surface area (Å²) in [4.78, 5) is 4.06. The van der Waals surface area contributed by atoms with Gasteiger partial charge in [0.2, 0.25) is 0 Å². The number of nitrogens with zero attached hydrogens (tertiary/aromatic N) is 2. The number of hydrogen-bond acceptors (Lipinski definition) is 2. The highest BCUT2D eigenvalue weighted by Crippen LogP contribution is 2.04. The first kappa shape index (κ1) is 5.29. The van der Waals surface area contributed by atoms with E-state index in [2.05, 4.69) is 4.98 Å². The molecule has 50 valence electrons. The van der Waals surface area contributed by atoms with Gasteiger partial charge in [0.05, 0.1) is 6.26 Å². The van der Waals surface area contributed by atoms with Crippen LogP contribution in [0.3, 0.4) is 0 Å². The first-order chi connectivity index (χ1) is 4.97. The van der Waals surface area contributed by atoms with Gasteiger partial charge in [-0.3, -0.25) is 0 Å². The Morgan fingerprint density at radius 3 is 3.40 bits per heavy atom. The second-order valence-corrected chi connectivity index (χ2v) is 1.92. The molecule has 3 nitrogen and oxygen atoms in total. The first-order valence-electron chi connectivity index (χ1n) is 2.98. The second-order valence-electron chi connectivity index (χ2n) is 1.92. The van der Waals surface area contributed by atoms with Crippen molar-refractivity contribution in [3.8, 4) is 0 Å². The van der Waals surface area contributed by atoms with Crippen molar-refractivity contribution in [1.29, 1.82) is 0 Å². The standard InChI is InChI=1S/C7H6N2O/c1-5-10-6-4-9-3-2-8-7(1)9/h1-6H. The Bertz CT molecular complexity index is 259. The third kappa shape index (κ3) is 0.719. The molecule has 0 saturated heterocycles. The van der Waals surface area contributed by atoms with Crippen molar-refractivity contribution in [2.24, 2.45) is 0 Å². The Balaban J connectivity index is 2.56. The van der Waals surface area contributed by atoms with E-state index in [4.69, 9.17) is 4.74 Å². The molecule has 0 spiro atoms. The second kappa shape index (κ2) is 2.02. The molecule has 0 amide bonds. The van der Waals surface area contributed by atoms with E-state index < -0.39 is 0 Å². The third-order valence-corrected chi connectivity index (χ3v) is 1.29. The third-order valence-electron chi connectivity index (χ3n) is 1.29. The molecular weight excluding hydrogens is 128 g/mol. The Morgan fingerprint density at radius 1 is 1.40 bits per heavy atom. The van der Waals surface area contributed by atoms with Crippen LogP contribution in [-0.2, 0) is 4.74 Å². The maximum absolute atomic E-state index is 4.91. The van der Waals surface area contributed by atoms with Crippen LogP contribution in [0.4, 0.5) is 0 Å². The minimum Gasteiger partial charge on any atom is -0.471 e. The smallest absolute Gasteiger partial charge is 0.139 e. The van der Waals surface area contributed by atoms with Crippen LogP contribution in [0.1, 0.15) is 5.82 Å². The zero-order chi connectivity index (χ0) is 6.81. The van der Waals surface area contributed by atoms with Crippen LogP contribution < -0.4 is 0 Å². The van der Waals surface area contributed by atoms with E-state index >= 15 is 0 Å². The van der Waals surface area contributed by atoms with Crippen LogP contribution in [0, 0.1) is 0 Å². The Morgan fingerprint density at radius 2 is 2.40 bits per heavy atom. The van der Waals surface area contributed by atoms with Crippen molar-refractivity contribution >= 4 is 12.3 Å². The topological polar surface area (TPSA) is 27.1 Å². The molecule has 10 heavy (non-hydrogen) atoms. The van der Waals surface area contributed by atoms with Gasteiger partial charge in [-0.2, -0.15) is 0 Å². The lowest BCUT2D eigenvalue weighted by Gasteiger charge is -1.90. The van der Waals surface area contributed by atoms with E-state index in [1.807, 2.05) is 17.0 Å². The number of rotatable bonds is 0. The molecule has 2 heterocycles. The molecule has 1 aromatic heterocycles. The van der Waals surface area contributed by atoms with Crippen molar-refractivity contribution in [3.63, 3.8) is 0 Å². The molecule has 0 aromatic carbocycles. The zero-order valence-corrected chi connectivity index (χ0v) is 5.27. The van der Waals surface area contributed by atoms with Crippen molar-refractivity contribution in [2.75, 3.05) is 0 Å². The van der Waals surface area contributed by atoms with Gasteiger partial charge < -0.3 is 9.30 Å². The molecule has 0 radical (unpaired) electrons. The lowest BCUT2D eigenvalue weighted by atomic mass is 10.6. The van der Waals surface area contributed by atoms with Gasteiger partial charge in [-0.1, -0.05) is 0 Å². The van der Waals surface area contributed by atoms with Crippen LogP contribution in [0.15, 0.2) is 24.9 Å². The summed E-state index contributed by atoms with van der Waals surface area (Å²) < 4.78 is 6.79. The largest absolute Gasteiger partial charge is 0.471 e. The zero-order valence-electron chi connectivity index (χ0n) is 5.27. The SMILES string of the molecule is C1=Cc2nccn2C=CO1. The van der Waals surface area contributed by atoms with Gasteiger partial charge in [0.15, 0.2) is 0 Å². The van der Waals surface area contributed by atoms with E-state index in [-0.39, 0.29) is 0 Å². The summed E-state index contributed by atoms with van der Waals surface area (Å²) in [6.45, 7) is 0. The number of imidazole rings is 1. The molecule has 1 aliphatic rings. The highest BCUT2D eigenvalue weighted by molar-refractivity contribution is 5.45. The van der Waals surface area contributed by atoms with Gasteiger partial charge in [-0.25, -0.2) is 4.98 Å². The van der Waals surface area contributed by atoms with E-state index in [1.165, 1.54) is 0 Å². The Labute approximate surface area is 58.3 Å². The molecule has 0 unspecified atom stereocenters. The molecule has 2 rings (SSSR count). The van der Waals surface area contributed by atoms with Gasteiger partial charge >= 0.3 is 0 Å². The molecule has 1 aliphatic heterocycles. The molecule has 0 bridgehead atoms. The average molecular weight is 134 g/mol. The van der Waals surface area contributed by atoms with Crippen molar-refractivity contribution in [3.05, 3.63) is 30.7 Å². The molecule has 0 saturated carbocycles. The van der Waals surface area contributed by atoms with Crippen LogP contribution in [-0.4, -0.2) is 9.55 Å². The Hall–Kier alpha value is -1.51. The number of aromatic nitrogens is 2. The van der Waals surface area contributed by atoms with Crippen molar-refractivity contribution < 1.29 is 4.74 Å². The van der Waals surface area contributed by atoms with Gasteiger partial charge in [-0.05, 0) is 0 Å². The molecular formula is C7H6N2O. The lowest BCUT2D eigenvalue weighted by Crippen LogP contribution is -1.85. The maximum atomic E-state index is 4.91.